The number of hydrogen-bond acceptors (Lipinski definition) is 4. The first-order valence-electron chi connectivity index (χ1n) is 5.08. The maximum atomic E-state index is 10.8. The van der Waals surface area contributed by atoms with Crippen LogP contribution in [0.4, 0.5) is 9.59 Å². The number of nitrogens with one attached hydrogen (secondary N) is 2. The topological polar surface area (TPSA) is 131 Å². The number of urea groups is 1. The third kappa shape index (κ3) is 7.88. The zero-order chi connectivity index (χ0) is 13.3. The van der Waals surface area contributed by atoms with Gasteiger partial charge in [0.2, 0.25) is 0 Å². The predicted molar refractivity (Wildman–Crippen MR) is 58.4 cm³/mol. The minimum atomic E-state index is -1.13. The highest BCUT2D eigenvalue weighted by Crippen LogP contribution is 2.01. The third-order valence-electron chi connectivity index (χ3n) is 1.99. The molecule has 0 aromatic carbocycles. The van der Waals surface area contributed by atoms with Crippen molar-refractivity contribution in [1.29, 1.82) is 0 Å². The molecule has 0 saturated heterocycles. The van der Waals surface area contributed by atoms with Crippen LogP contribution in [0.5, 0.6) is 0 Å². The SMILES string of the molecule is COC(=O)NC(CCCCNC(N)=O)C(=O)O. The summed E-state index contributed by atoms with van der Waals surface area (Å²) in [5, 5.41) is 13.4. The fraction of sp³-hybridized carbons (Fsp3) is 0.667. The van der Waals surface area contributed by atoms with Crippen molar-refractivity contribution in [2.45, 2.75) is 25.3 Å². The lowest BCUT2D eigenvalue weighted by atomic mass is 10.1. The van der Waals surface area contributed by atoms with E-state index in [1.165, 1.54) is 0 Å². The number of aliphatic carboxylic acids is 1. The van der Waals surface area contributed by atoms with Crippen molar-refractivity contribution in [1.82, 2.24) is 10.6 Å². The van der Waals surface area contributed by atoms with Crippen LogP contribution in [0.25, 0.3) is 0 Å². The first-order valence-corrected chi connectivity index (χ1v) is 5.08. The number of carbonyl (C=O) groups excluding carboxylic acids is 2. The summed E-state index contributed by atoms with van der Waals surface area (Å²) in [6, 6.07) is -1.61. The van der Waals surface area contributed by atoms with Crippen LogP contribution in [0.15, 0.2) is 0 Å². The Kier molecular flexibility index (Phi) is 7.24. The Balaban J connectivity index is 3.82. The molecule has 0 fully saturated rings. The molecule has 0 rings (SSSR count). The van der Waals surface area contributed by atoms with Crippen molar-refractivity contribution in [2.24, 2.45) is 5.73 Å². The third-order valence-corrected chi connectivity index (χ3v) is 1.99. The van der Waals surface area contributed by atoms with E-state index in [4.69, 9.17) is 10.8 Å². The van der Waals surface area contributed by atoms with E-state index < -0.39 is 24.1 Å². The molecule has 3 amide bonds. The quantitative estimate of drug-likeness (QED) is 0.456. The molecule has 8 heteroatoms. The number of nitrogens with two attached hydrogens (primary N) is 1. The van der Waals surface area contributed by atoms with Gasteiger partial charge in [0, 0.05) is 6.54 Å². The van der Waals surface area contributed by atoms with Gasteiger partial charge in [0.1, 0.15) is 6.04 Å². The van der Waals surface area contributed by atoms with Gasteiger partial charge in [0.25, 0.3) is 0 Å². The van der Waals surface area contributed by atoms with Gasteiger partial charge in [0.05, 0.1) is 7.11 Å². The molecule has 8 nitrogen and oxygen atoms in total. The van der Waals surface area contributed by atoms with E-state index in [9.17, 15) is 14.4 Å². The second kappa shape index (κ2) is 8.20. The van der Waals surface area contributed by atoms with Gasteiger partial charge in [-0.15, -0.1) is 0 Å². The summed E-state index contributed by atoms with van der Waals surface area (Å²) >= 11 is 0. The first-order chi connectivity index (χ1) is 7.97. The molecule has 0 aromatic heterocycles. The number of ether oxygens (including phenoxy) is 1. The number of primary amides is 1. The Hall–Kier alpha value is -1.99. The summed E-state index contributed by atoms with van der Waals surface area (Å²) in [5.41, 5.74) is 4.85. The Morgan fingerprint density at radius 1 is 1.35 bits per heavy atom. The van der Waals surface area contributed by atoms with Crippen molar-refractivity contribution in [3.05, 3.63) is 0 Å². The smallest absolute Gasteiger partial charge is 0.407 e. The zero-order valence-corrected chi connectivity index (χ0v) is 9.56. The first kappa shape index (κ1) is 15.0. The molecule has 0 aliphatic carbocycles. The number of alkyl carbamates (subject to hydrolysis) is 1. The van der Waals surface area contributed by atoms with E-state index in [1.807, 2.05) is 0 Å². The van der Waals surface area contributed by atoms with Gasteiger partial charge in [-0.3, -0.25) is 0 Å². The molecule has 1 unspecified atom stereocenters. The van der Waals surface area contributed by atoms with Gasteiger partial charge >= 0.3 is 18.1 Å². The summed E-state index contributed by atoms with van der Waals surface area (Å²) in [7, 11) is 1.16. The van der Waals surface area contributed by atoms with Gasteiger partial charge in [-0.05, 0) is 19.3 Å². The predicted octanol–water partition coefficient (Wildman–Crippen LogP) is -0.366. The maximum absolute atomic E-state index is 10.8. The second-order valence-electron chi connectivity index (χ2n) is 3.31. The molecule has 0 aromatic rings. The van der Waals surface area contributed by atoms with Crippen LogP contribution >= 0.6 is 0 Å². The summed E-state index contributed by atoms with van der Waals surface area (Å²) in [6.07, 6.45) is 0.578. The zero-order valence-electron chi connectivity index (χ0n) is 9.56. The average Bonchev–Trinajstić information content (AvgIpc) is 2.26. The monoisotopic (exact) mass is 247 g/mol. The summed E-state index contributed by atoms with van der Waals surface area (Å²) < 4.78 is 4.30. The normalized spacial score (nSPS) is 11.4. The van der Waals surface area contributed by atoms with Gasteiger partial charge in [0.15, 0.2) is 0 Å². The van der Waals surface area contributed by atoms with E-state index in [-0.39, 0.29) is 6.42 Å². The minimum absolute atomic E-state index is 0.255. The lowest BCUT2D eigenvalue weighted by Crippen LogP contribution is -2.40. The molecule has 0 spiro atoms. The number of methoxy groups -OCH3 is 1. The molecule has 0 radical (unpaired) electrons. The van der Waals surface area contributed by atoms with Crippen LogP contribution in [-0.4, -0.2) is 42.9 Å². The number of amides is 3. The summed E-state index contributed by atoms with van der Waals surface area (Å²) in [4.78, 5) is 31.9. The lowest BCUT2D eigenvalue weighted by Gasteiger charge is -2.13. The number of rotatable bonds is 7. The Labute approximate surface area is 98.5 Å². The Morgan fingerprint density at radius 3 is 2.47 bits per heavy atom. The number of hydrogen-bond donors (Lipinski definition) is 4. The molecule has 0 aliphatic heterocycles. The van der Waals surface area contributed by atoms with Gasteiger partial charge in [-0.1, -0.05) is 0 Å². The van der Waals surface area contributed by atoms with Crippen molar-refractivity contribution in [3.63, 3.8) is 0 Å². The highest BCUT2D eigenvalue weighted by atomic mass is 16.5. The maximum Gasteiger partial charge on any atom is 0.407 e. The van der Waals surface area contributed by atoms with E-state index >= 15 is 0 Å². The van der Waals surface area contributed by atoms with Crippen LogP contribution in [0.1, 0.15) is 19.3 Å². The van der Waals surface area contributed by atoms with Crippen LogP contribution in [0, 0.1) is 0 Å². The molecule has 0 saturated carbocycles. The molecular formula is C9H17N3O5. The lowest BCUT2D eigenvalue weighted by molar-refractivity contribution is -0.139. The Morgan fingerprint density at radius 2 is 2.00 bits per heavy atom. The molecule has 98 valence electrons. The van der Waals surface area contributed by atoms with Gasteiger partial charge < -0.3 is 26.2 Å². The van der Waals surface area contributed by atoms with Crippen molar-refractivity contribution < 1.29 is 24.2 Å². The molecule has 0 aliphatic rings. The molecule has 0 heterocycles. The van der Waals surface area contributed by atoms with Gasteiger partial charge in [-0.25, -0.2) is 14.4 Å². The van der Waals surface area contributed by atoms with Crippen molar-refractivity contribution in [2.75, 3.05) is 13.7 Å². The molecule has 5 N–H and O–H groups in total. The van der Waals surface area contributed by atoms with Crippen LogP contribution in [0.2, 0.25) is 0 Å². The molecule has 0 bridgehead atoms. The highest BCUT2D eigenvalue weighted by molar-refractivity contribution is 5.79. The number of carboxylic acid groups (broad SMARTS) is 1. The van der Waals surface area contributed by atoms with E-state index in [2.05, 4.69) is 15.4 Å². The van der Waals surface area contributed by atoms with Gasteiger partial charge in [-0.2, -0.15) is 0 Å². The minimum Gasteiger partial charge on any atom is -0.480 e. The van der Waals surface area contributed by atoms with E-state index in [1.54, 1.807) is 0 Å². The Bertz CT molecular complexity index is 282. The fourth-order valence-electron chi connectivity index (χ4n) is 1.14. The average molecular weight is 247 g/mol. The number of unbranched alkanes of at least 4 members (excludes halogenated alkanes) is 1. The van der Waals surface area contributed by atoms with Crippen LogP contribution < -0.4 is 16.4 Å². The van der Waals surface area contributed by atoms with Crippen molar-refractivity contribution in [3.8, 4) is 0 Å². The highest BCUT2D eigenvalue weighted by Gasteiger charge is 2.19. The van der Waals surface area contributed by atoms with Crippen LogP contribution in [0.3, 0.4) is 0 Å². The van der Waals surface area contributed by atoms with Crippen LogP contribution in [-0.2, 0) is 9.53 Å². The van der Waals surface area contributed by atoms with Crippen molar-refractivity contribution >= 4 is 18.1 Å². The number of carbonyl (C=O) groups is 3. The summed E-state index contributed by atoms with van der Waals surface area (Å²) in [5.74, 6) is -1.13. The largest absolute Gasteiger partial charge is 0.480 e. The molecule has 17 heavy (non-hydrogen) atoms. The number of carboxylic acids is 1. The summed E-state index contributed by atoms with van der Waals surface area (Å²) in [6.45, 7) is 0.375. The fourth-order valence-corrected chi connectivity index (χ4v) is 1.14. The second-order valence-corrected chi connectivity index (χ2v) is 3.31. The standard InChI is InChI=1S/C9H17N3O5/c1-17-9(16)12-6(7(13)14)4-2-3-5-11-8(10)15/h6H,2-5H2,1H3,(H,12,16)(H,13,14)(H3,10,11,15). The molecular weight excluding hydrogens is 230 g/mol. The van der Waals surface area contributed by atoms with E-state index in [0.29, 0.717) is 19.4 Å². The van der Waals surface area contributed by atoms with E-state index in [0.717, 1.165) is 7.11 Å². The molecule has 1 atom stereocenters.